The Labute approximate surface area is 135 Å². The first kappa shape index (κ1) is 17.7. The zero-order chi connectivity index (χ0) is 15.2. The third-order valence-corrected chi connectivity index (χ3v) is 4.77. The van der Waals surface area contributed by atoms with Gasteiger partial charge in [0.15, 0.2) is 0 Å². The van der Waals surface area contributed by atoms with E-state index in [0.29, 0.717) is 10.0 Å². The zero-order valence-corrected chi connectivity index (χ0v) is 14.4. The van der Waals surface area contributed by atoms with Gasteiger partial charge in [-0.2, -0.15) is 5.26 Å². The first-order valence-corrected chi connectivity index (χ1v) is 8.31. The fourth-order valence-corrected chi connectivity index (χ4v) is 3.67. The second kappa shape index (κ2) is 8.14. The standard InChI is InChI=1S/C15H20Cl2N2S/c1-4-7-19-15(3,10-18)9-11(2)20-14-8-12(16)5-6-13(14)17/h5-6,8,11,19H,4,7,9H2,1-3H3. The third-order valence-electron chi connectivity index (χ3n) is 2.93. The predicted octanol–water partition coefficient (Wildman–Crippen LogP) is 5.15. The van der Waals surface area contributed by atoms with E-state index in [1.54, 1.807) is 23.9 Å². The molecular weight excluding hydrogens is 311 g/mol. The summed E-state index contributed by atoms with van der Waals surface area (Å²) in [7, 11) is 0. The topological polar surface area (TPSA) is 35.8 Å². The SMILES string of the molecule is CCCNC(C)(C#N)CC(C)Sc1cc(Cl)ccc1Cl. The molecule has 0 amide bonds. The Morgan fingerprint density at radius 3 is 2.75 bits per heavy atom. The van der Waals surface area contributed by atoms with Gasteiger partial charge < -0.3 is 0 Å². The van der Waals surface area contributed by atoms with Crippen LogP contribution < -0.4 is 5.32 Å². The normalized spacial score (nSPS) is 15.4. The molecule has 1 rings (SSSR count). The first-order chi connectivity index (χ1) is 9.40. The minimum atomic E-state index is -0.506. The molecule has 0 bridgehead atoms. The fourth-order valence-electron chi connectivity index (χ4n) is 1.96. The highest BCUT2D eigenvalue weighted by Crippen LogP contribution is 2.35. The van der Waals surface area contributed by atoms with Crippen molar-refractivity contribution in [2.45, 2.75) is 49.3 Å². The van der Waals surface area contributed by atoms with Gasteiger partial charge in [-0.3, -0.25) is 5.32 Å². The molecule has 1 aromatic carbocycles. The average molecular weight is 331 g/mol. The van der Waals surface area contributed by atoms with Gasteiger partial charge in [0.25, 0.3) is 0 Å². The molecule has 0 saturated carbocycles. The van der Waals surface area contributed by atoms with Crippen molar-refractivity contribution >= 4 is 35.0 Å². The molecule has 5 heteroatoms. The summed E-state index contributed by atoms with van der Waals surface area (Å²) >= 11 is 13.8. The van der Waals surface area contributed by atoms with Crippen molar-refractivity contribution in [1.29, 1.82) is 5.26 Å². The van der Waals surface area contributed by atoms with Crippen molar-refractivity contribution in [3.63, 3.8) is 0 Å². The van der Waals surface area contributed by atoms with E-state index in [2.05, 4.69) is 25.2 Å². The van der Waals surface area contributed by atoms with Crippen LogP contribution in [-0.2, 0) is 0 Å². The lowest BCUT2D eigenvalue weighted by Crippen LogP contribution is -2.43. The smallest absolute Gasteiger partial charge is 0.104 e. The quantitative estimate of drug-likeness (QED) is 0.702. The van der Waals surface area contributed by atoms with E-state index < -0.39 is 5.54 Å². The Kier molecular flexibility index (Phi) is 7.19. The minimum Gasteiger partial charge on any atom is -0.300 e. The highest BCUT2D eigenvalue weighted by atomic mass is 35.5. The minimum absolute atomic E-state index is 0.264. The van der Waals surface area contributed by atoms with E-state index in [9.17, 15) is 5.26 Å². The summed E-state index contributed by atoms with van der Waals surface area (Å²) in [6.45, 7) is 6.98. The molecular formula is C15H20Cl2N2S. The first-order valence-electron chi connectivity index (χ1n) is 6.68. The van der Waals surface area contributed by atoms with Gasteiger partial charge in [-0.25, -0.2) is 0 Å². The monoisotopic (exact) mass is 330 g/mol. The highest BCUT2D eigenvalue weighted by molar-refractivity contribution is 8.00. The summed E-state index contributed by atoms with van der Waals surface area (Å²) < 4.78 is 0. The Bertz CT molecular complexity index is 487. The van der Waals surface area contributed by atoms with E-state index in [0.717, 1.165) is 24.3 Å². The molecule has 0 aliphatic heterocycles. The summed E-state index contributed by atoms with van der Waals surface area (Å²) in [5, 5.41) is 14.3. The number of nitrogens with one attached hydrogen (secondary N) is 1. The summed E-state index contributed by atoms with van der Waals surface area (Å²) in [5.74, 6) is 0. The lowest BCUT2D eigenvalue weighted by Gasteiger charge is -2.26. The largest absolute Gasteiger partial charge is 0.300 e. The van der Waals surface area contributed by atoms with Crippen LogP contribution >= 0.6 is 35.0 Å². The summed E-state index contributed by atoms with van der Waals surface area (Å²) in [5.41, 5.74) is -0.506. The molecule has 110 valence electrons. The third kappa shape index (κ3) is 5.54. The molecule has 0 fully saturated rings. The lowest BCUT2D eigenvalue weighted by molar-refractivity contribution is 0.418. The van der Waals surface area contributed by atoms with Gasteiger partial charge in [-0.1, -0.05) is 37.0 Å². The molecule has 2 unspecified atom stereocenters. The van der Waals surface area contributed by atoms with Gasteiger partial charge in [0, 0.05) is 15.2 Å². The highest BCUT2D eigenvalue weighted by Gasteiger charge is 2.26. The molecule has 0 radical (unpaired) electrons. The molecule has 0 aliphatic rings. The molecule has 1 N–H and O–H groups in total. The van der Waals surface area contributed by atoms with E-state index in [1.165, 1.54) is 0 Å². The van der Waals surface area contributed by atoms with Crippen LogP contribution in [0.2, 0.25) is 10.0 Å². The van der Waals surface area contributed by atoms with Crippen LogP contribution in [0.15, 0.2) is 23.1 Å². The number of thioether (sulfide) groups is 1. The molecule has 0 aliphatic carbocycles. The Morgan fingerprint density at radius 2 is 2.15 bits per heavy atom. The van der Waals surface area contributed by atoms with E-state index in [4.69, 9.17) is 23.2 Å². The Hall–Kier alpha value is -0.400. The van der Waals surface area contributed by atoms with Crippen molar-refractivity contribution in [3.05, 3.63) is 28.2 Å². The predicted molar refractivity (Wildman–Crippen MR) is 88.7 cm³/mol. The van der Waals surface area contributed by atoms with Crippen LogP contribution in [0.25, 0.3) is 0 Å². The second-order valence-corrected chi connectivity index (χ2v) is 7.40. The van der Waals surface area contributed by atoms with Crippen molar-refractivity contribution in [2.24, 2.45) is 0 Å². The van der Waals surface area contributed by atoms with Gasteiger partial charge in [0.1, 0.15) is 5.54 Å². The molecule has 0 aromatic heterocycles. The number of nitriles is 1. The van der Waals surface area contributed by atoms with Crippen molar-refractivity contribution in [1.82, 2.24) is 5.32 Å². The molecule has 20 heavy (non-hydrogen) atoms. The molecule has 0 spiro atoms. The van der Waals surface area contributed by atoms with Crippen molar-refractivity contribution in [2.75, 3.05) is 6.54 Å². The Morgan fingerprint density at radius 1 is 1.45 bits per heavy atom. The van der Waals surface area contributed by atoms with Crippen LogP contribution in [0.1, 0.15) is 33.6 Å². The number of benzene rings is 1. The summed E-state index contributed by atoms with van der Waals surface area (Å²) in [6.07, 6.45) is 1.76. The van der Waals surface area contributed by atoms with Crippen LogP contribution in [0, 0.1) is 11.3 Å². The summed E-state index contributed by atoms with van der Waals surface area (Å²) in [6, 6.07) is 7.82. The number of hydrogen-bond donors (Lipinski definition) is 1. The lowest BCUT2D eigenvalue weighted by atomic mass is 9.98. The maximum absolute atomic E-state index is 9.36. The van der Waals surface area contributed by atoms with Crippen LogP contribution in [-0.4, -0.2) is 17.3 Å². The summed E-state index contributed by atoms with van der Waals surface area (Å²) in [4.78, 5) is 0.961. The number of nitrogens with zero attached hydrogens (tertiary/aromatic N) is 1. The maximum Gasteiger partial charge on any atom is 0.104 e. The molecule has 2 atom stereocenters. The maximum atomic E-state index is 9.36. The average Bonchev–Trinajstić information content (AvgIpc) is 2.40. The van der Waals surface area contributed by atoms with Crippen LogP contribution in [0.5, 0.6) is 0 Å². The molecule has 2 nitrogen and oxygen atoms in total. The van der Waals surface area contributed by atoms with Gasteiger partial charge in [0.05, 0.1) is 11.1 Å². The van der Waals surface area contributed by atoms with E-state index >= 15 is 0 Å². The fraction of sp³-hybridized carbons (Fsp3) is 0.533. The van der Waals surface area contributed by atoms with Gasteiger partial charge in [-0.05, 0) is 44.5 Å². The van der Waals surface area contributed by atoms with Gasteiger partial charge in [0.2, 0.25) is 0 Å². The molecule has 0 saturated heterocycles. The van der Waals surface area contributed by atoms with Crippen molar-refractivity contribution < 1.29 is 0 Å². The number of hydrogen-bond acceptors (Lipinski definition) is 3. The Balaban J connectivity index is 2.69. The van der Waals surface area contributed by atoms with Crippen molar-refractivity contribution in [3.8, 4) is 6.07 Å². The molecule has 1 aromatic rings. The van der Waals surface area contributed by atoms with Gasteiger partial charge >= 0.3 is 0 Å². The van der Waals surface area contributed by atoms with Crippen LogP contribution in [0.4, 0.5) is 0 Å². The second-order valence-electron chi connectivity index (χ2n) is 5.08. The van der Waals surface area contributed by atoms with Crippen LogP contribution in [0.3, 0.4) is 0 Å². The van der Waals surface area contributed by atoms with E-state index in [-0.39, 0.29) is 5.25 Å². The van der Waals surface area contributed by atoms with Gasteiger partial charge in [-0.15, -0.1) is 11.8 Å². The zero-order valence-electron chi connectivity index (χ0n) is 12.0. The number of rotatable bonds is 7. The number of halogens is 2. The molecule has 0 heterocycles. The van der Waals surface area contributed by atoms with E-state index in [1.807, 2.05) is 13.0 Å².